The van der Waals surface area contributed by atoms with E-state index in [1.165, 1.54) is 14.2 Å². The van der Waals surface area contributed by atoms with E-state index in [1.807, 2.05) is 11.0 Å². The summed E-state index contributed by atoms with van der Waals surface area (Å²) in [5.41, 5.74) is 5.09. The molecular formula is C41H46N8O6. The number of aromatic nitrogens is 4. The molecule has 3 aromatic carbocycles. The number of alkyl carbamates (subject to hydrolysis) is 2. The van der Waals surface area contributed by atoms with Gasteiger partial charge in [-0.25, -0.2) is 19.6 Å². The second kappa shape index (κ2) is 14.1. The summed E-state index contributed by atoms with van der Waals surface area (Å²) < 4.78 is 9.31. The lowest BCUT2D eigenvalue weighted by molar-refractivity contribution is -0.139. The first-order valence-electron chi connectivity index (χ1n) is 18.8. The van der Waals surface area contributed by atoms with Gasteiger partial charge < -0.3 is 39.9 Å². The number of nitrogens with zero attached hydrogens (tertiary/aromatic N) is 4. The van der Waals surface area contributed by atoms with Gasteiger partial charge in [0.25, 0.3) is 0 Å². The fourth-order valence-corrected chi connectivity index (χ4v) is 9.05. The van der Waals surface area contributed by atoms with Gasteiger partial charge in [0.05, 0.1) is 43.7 Å². The van der Waals surface area contributed by atoms with Crippen molar-refractivity contribution in [3.05, 3.63) is 72.4 Å². The molecule has 8 rings (SSSR count). The van der Waals surface area contributed by atoms with E-state index < -0.39 is 17.7 Å². The van der Waals surface area contributed by atoms with Crippen LogP contribution >= 0.6 is 0 Å². The Morgan fingerprint density at radius 2 is 1.58 bits per heavy atom. The predicted octanol–water partition coefficient (Wildman–Crippen LogP) is 5.69. The van der Waals surface area contributed by atoms with Gasteiger partial charge in [-0.15, -0.1) is 0 Å². The number of piperidine rings is 1. The molecular weight excluding hydrogens is 701 g/mol. The van der Waals surface area contributed by atoms with Crippen LogP contribution in [0.2, 0.25) is 0 Å². The molecule has 1 aliphatic heterocycles. The number of methoxy groups -OCH3 is 2. The van der Waals surface area contributed by atoms with Crippen molar-refractivity contribution < 1.29 is 28.7 Å². The molecule has 6 atom stereocenters. The number of fused-ring (bicyclic) bond motifs is 5. The zero-order valence-electron chi connectivity index (χ0n) is 31.6. The summed E-state index contributed by atoms with van der Waals surface area (Å²) >= 11 is 0. The van der Waals surface area contributed by atoms with Crippen molar-refractivity contribution in [1.82, 2.24) is 40.4 Å². The molecule has 286 valence electrons. The number of aromatic amines is 2. The summed E-state index contributed by atoms with van der Waals surface area (Å²) in [5, 5.41) is 7.12. The lowest BCUT2D eigenvalue weighted by Gasteiger charge is -2.43. The van der Waals surface area contributed by atoms with Crippen LogP contribution in [0.25, 0.3) is 44.2 Å². The lowest BCUT2D eigenvalue weighted by Crippen LogP contribution is -2.54. The van der Waals surface area contributed by atoms with E-state index in [1.54, 1.807) is 11.1 Å². The number of carbonyl (C=O) groups is 4. The van der Waals surface area contributed by atoms with Crippen LogP contribution in [0.5, 0.6) is 0 Å². The van der Waals surface area contributed by atoms with E-state index in [-0.39, 0.29) is 42.9 Å². The second-order valence-corrected chi connectivity index (χ2v) is 15.3. The maximum Gasteiger partial charge on any atom is 0.407 e. The smallest absolute Gasteiger partial charge is 0.407 e. The number of benzene rings is 3. The summed E-state index contributed by atoms with van der Waals surface area (Å²) in [5.74, 6) is 2.11. The predicted molar refractivity (Wildman–Crippen MR) is 205 cm³/mol. The molecule has 4 N–H and O–H groups in total. The van der Waals surface area contributed by atoms with Crippen molar-refractivity contribution in [2.75, 3.05) is 27.3 Å². The summed E-state index contributed by atoms with van der Waals surface area (Å²) in [7, 11) is 2.55. The first-order chi connectivity index (χ1) is 26.5. The molecule has 5 aromatic rings. The minimum absolute atomic E-state index is 0.0859. The number of hydrogen-bond acceptors (Lipinski definition) is 8. The van der Waals surface area contributed by atoms with Crippen molar-refractivity contribution in [2.45, 2.75) is 64.2 Å². The van der Waals surface area contributed by atoms with Crippen LogP contribution in [0.4, 0.5) is 9.59 Å². The van der Waals surface area contributed by atoms with Crippen LogP contribution < -0.4 is 10.6 Å². The maximum atomic E-state index is 13.5. The van der Waals surface area contributed by atoms with Gasteiger partial charge in [-0.2, -0.15) is 0 Å². The minimum atomic E-state index is -0.641. The number of nitrogens with one attached hydrogen (secondary N) is 4. The molecule has 0 radical (unpaired) electrons. The first-order valence-corrected chi connectivity index (χ1v) is 18.8. The fourth-order valence-electron chi connectivity index (χ4n) is 9.05. The zero-order chi connectivity index (χ0) is 38.6. The SMILES string of the molecule is COC(=O)NCC(=O)N(Cc1ncc(-c2ccc(-c3ccc4c(ccc5[nH]c([C@]6(C)[C@H]7CC[C@H](C7)N6C(=O)CNC(=O)OC)nc54)c3)cc2)[nH]1)C1C(C)[C@H]1C. The molecule has 2 aliphatic carbocycles. The third-order valence-corrected chi connectivity index (χ3v) is 12.3. The highest BCUT2D eigenvalue weighted by molar-refractivity contribution is 6.05. The summed E-state index contributed by atoms with van der Waals surface area (Å²) in [4.78, 5) is 70.3. The molecule has 2 saturated carbocycles. The third kappa shape index (κ3) is 6.42. The Bertz CT molecular complexity index is 2290. The van der Waals surface area contributed by atoms with Crippen molar-refractivity contribution in [2.24, 2.45) is 17.8 Å². The highest BCUT2D eigenvalue weighted by Gasteiger charge is 2.58. The van der Waals surface area contributed by atoms with Crippen LogP contribution in [-0.2, 0) is 31.1 Å². The van der Waals surface area contributed by atoms with E-state index in [4.69, 9.17) is 4.98 Å². The largest absolute Gasteiger partial charge is 0.453 e. The Balaban J connectivity index is 0.995. The van der Waals surface area contributed by atoms with Crippen molar-refractivity contribution in [3.63, 3.8) is 0 Å². The van der Waals surface area contributed by atoms with Gasteiger partial charge >= 0.3 is 12.2 Å². The normalized spacial score (nSPS) is 23.9. The number of ether oxygens (including phenoxy) is 2. The average molecular weight is 747 g/mol. The Labute approximate surface area is 318 Å². The van der Waals surface area contributed by atoms with Crippen LogP contribution in [0, 0.1) is 17.8 Å². The van der Waals surface area contributed by atoms with E-state index in [2.05, 4.69) is 104 Å². The standard InChI is InChI=1S/C41H46N8O6/c1-22-23(2)37(22)48(34(50)19-43-39(52)54-4)21-33-42-18-32(45-33)25-8-6-24(7-9-25)26-10-14-30-27(16-26)11-15-31-36(30)47-38(46-31)41(3)28-12-13-29(17-28)49(41)35(51)20-44-40(53)55-5/h6-11,14-16,18,22-23,28-29,37H,12-13,17,19-21H2,1-5H3,(H,42,45)(H,43,52)(H,44,53)(H,46,47)/t22-,23?,28+,29-,37?,41+/m1/s1. The number of hydrogen-bond donors (Lipinski definition) is 4. The molecule has 2 aromatic heterocycles. The zero-order valence-corrected chi connectivity index (χ0v) is 31.6. The van der Waals surface area contributed by atoms with Crippen LogP contribution in [0.1, 0.15) is 51.7 Å². The van der Waals surface area contributed by atoms with Gasteiger partial charge in [-0.1, -0.05) is 56.3 Å². The topological polar surface area (TPSA) is 175 Å². The molecule has 4 amide bonds. The summed E-state index contributed by atoms with van der Waals surface area (Å²) in [6, 6.07) is 19.0. The average Bonchev–Trinajstić information content (AvgIpc) is 3.84. The Kier molecular flexibility index (Phi) is 9.22. The monoisotopic (exact) mass is 746 g/mol. The second-order valence-electron chi connectivity index (χ2n) is 15.3. The van der Waals surface area contributed by atoms with Crippen LogP contribution in [-0.4, -0.2) is 93.1 Å². The molecule has 3 heterocycles. The van der Waals surface area contributed by atoms with Crippen molar-refractivity contribution in [1.29, 1.82) is 0 Å². The number of rotatable bonds is 10. The van der Waals surface area contributed by atoms with Crippen molar-refractivity contribution >= 4 is 45.8 Å². The number of carbonyl (C=O) groups excluding carboxylic acids is 4. The molecule has 2 bridgehead atoms. The van der Waals surface area contributed by atoms with Gasteiger partial charge in [0.1, 0.15) is 30.3 Å². The highest BCUT2D eigenvalue weighted by atomic mass is 16.5. The maximum absolute atomic E-state index is 13.5. The van der Waals surface area contributed by atoms with E-state index >= 15 is 0 Å². The third-order valence-electron chi connectivity index (χ3n) is 12.3. The quantitative estimate of drug-likeness (QED) is 0.141. The van der Waals surface area contributed by atoms with Gasteiger partial charge in [0, 0.05) is 17.5 Å². The van der Waals surface area contributed by atoms with Gasteiger partial charge in [0.2, 0.25) is 11.8 Å². The molecule has 3 fully saturated rings. The molecule has 3 aliphatic rings. The molecule has 2 unspecified atom stereocenters. The number of amides is 4. The Morgan fingerprint density at radius 1 is 0.891 bits per heavy atom. The summed E-state index contributed by atoms with van der Waals surface area (Å²) in [6.45, 7) is 6.39. The Hall–Kier alpha value is -5.92. The Morgan fingerprint density at radius 3 is 2.29 bits per heavy atom. The number of H-pyrrole nitrogens is 2. The van der Waals surface area contributed by atoms with E-state index in [9.17, 15) is 19.2 Å². The van der Waals surface area contributed by atoms with Crippen molar-refractivity contribution in [3.8, 4) is 22.4 Å². The number of imidazole rings is 2. The minimum Gasteiger partial charge on any atom is -0.453 e. The molecule has 0 spiro atoms. The summed E-state index contributed by atoms with van der Waals surface area (Å²) in [6.07, 6.45) is 3.39. The first kappa shape index (κ1) is 36.1. The van der Waals surface area contributed by atoms with Gasteiger partial charge in [-0.3, -0.25) is 9.59 Å². The molecule has 14 nitrogen and oxygen atoms in total. The van der Waals surface area contributed by atoms with Crippen LogP contribution in [0.15, 0.2) is 60.8 Å². The van der Waals surface area contributed by atoms with Crippen LogP contribution in [0.3, 0.4) is 0 Å². The molecule has 1 saturated heterocycles. The van der Waals surface area contributed by atoms with E-state index in [0.29, 0.717) is 24.2 Å². The molecule has 55 heavy (non-hydrogen) atoms. The fraction of sp³-hybridized carbons (Fsp3) is 0.415. The number of likely N-dealkylation sites (tertiary alicyclic amines) is 1. The van der Waals surface area contributed by atoms with Gasteiger partial charge in [0.15, 0.2) is 0 Å². The van der Waals surface area contributed by atoms with Gasteiger partial charge in [-0.05, 0) is 78.1 Å². The highest BCUT2D eigenvalue weighted by Crippen LogP contribution is 2.54. The lowest BCUT2D eigenvalue weighted by atomic mass is 9.83. The van der Waals surface area contributed by atoms with E-state index in [0.717, 1.165) is 69.3 Å². The molecule has 14 heteroatoms.